The quantitative estimate of drug-likeness (QED) is 0.740. The first-order chi connectivity index (χ1) is 11.8. The van der Waals surface area contributed by atoms with Crippen LogP contribution in [-0.4, -0.2) is 25.0 Å². The molecule has 3 N–H and O–H groups in total. The smallest absolute Gasteiger partial charge is 0.370 e. The zero-order valence-corrected chi connectivity index (χ0v) is 16.6. The fourth-order valence-electron chi connectivity index (χ4n) is 3.71. The van der Waals surface area contributed by atoms with Crippen molar-refractivity contribution in [1.29, 1.82) is 0 Å². The minimum atomic E-state index is -4.43. The summed E-state index contributed by atoms with van der Waals surface area (Å²) in [6.07, 6.45) is 0.751. The number of benzene rings is 1. The number of anilines is 2. The van der Waals surface area contributed by atoms with Gasteiger partial charge in [-0.25, -0.2) is 0 Å². The fraction of sp³-hybridized carbons (Fsp3) is 0.611. The molecule has 154 valence electrons. The Morgan fingerprint density at radius 1 is 1.11 bits per heavy atom. The van der Waals surface area contributed by atoms with Gasteiger partial charge in [0.05, 0.1) is 16.9 Å². The van der Waals surface area contributed by atoms with Gasteiger partial charge < -0.3 is 16.0 Å². The number of carbonyl (C=O) groups excluding carboxylic acids is 1. The summed E-state index contributed by atoms with van der Waals surface area (Å²) < 4.78 is 39.3. The third-order valence-electron chi connectivity index (χ3n) is 5.12. The van der Waals surface area contributed by atoms with Crippen molar-refractivity contribution in [3.63, 3.8) is 0 Å². The lowest BCUT2D eigenvalue weighted by atomic mass is 10.0. The average Bonchev–Trinajstić information content (AvgIpc) is 3.01. The molecule has 0 aromatic heterocycles. The van der Waals surface area contributed by atoms with Gasteiger partial charge in [0.2, 0.25) is 5.91 Å². The lowest BCUT2D eigenvalue weighted by Gasteiger charge is -2.31. The number of nitrogens with two attached hydrogens (primary N) is 1. The van der Waals surface area contributed by atoms with Crippen molar-refractivity contribution < 1.29 is 18.0 Å². The first-order valence-electron chi connectivity index (χ1n) is 8.87. The van der Waals surface area contributed by atoms with E-state index in [2.05, 4.69) is 10.2 Å². The number of hydrogen-bond acceptors (Lipinski definition) is 3. The van der Waals surface area contributed by atoms with Crippen molar-refractivity contribution >= 4 is 42.1 Å². The zero-order valence-electron chi connectivity index (χ0n) is 14.9. The van der Waals surface area contributed by atoms with E-state index in [-0.39, 0.29) is 48.4 Å². The first-order valence-corrected chi connectivity index (χ1v) is 8.87. The summed E-state index contributed by atoms with van der Waals surface area (Å²) in [5.74, 6) is -0.454. The summed E-state index contributed by atoms with van der Waals surface area (Å²) in [6, 6.07) is 3.62. The molecule has 9 heteroatoms. The maximum atomic E-state index is 13.1. The molecule has 2 aliphatic rings. The highest BCUT2D eigenvalue weighted by Gasteiger charge is 2.33. The van der Waals surface area contributed by atoms with Crippen LogP contribution in [0.1, 0.15) is 44.1 Å². The van der Waals surface area contributed by atoms with Gasteiger partial charge in [-0.3, -0.25) is 4.79 Å². The van der Waals surface area contributed by atoms with E-state index in [1.807, 2.05) is 0 Å². The molecule has 27 heavy (non-hydrogen) atoms. The van der Waals surface area contributed by atoms with Gasteiger partial charge in [0, 0.05) is 25.0 Å². The van der Waals surface area contributed by atoms with Crippen molar-refractivity contribution in [3.05, 3.63) is 23.8 Å². The highest BCUT2D eigenvalue weighted by atomic mass is 35.5. The summed E-state index contributed by atoms with van der Waals surface area (Å²) in [7, 11) is 0. The Hall–Kier alpha value is -1.18. The van der Waals surface area contributed by atoms with E-state index >= 15 is 0 Å². The van der Waals surface area contributed by atoms with E-state index < -0.39 is 11.7 Å². The molecule has 2 fully saturated rings. The number of amides is 1. The predicted octanol–water partition coefficient (Wildman–Crippen LogP) is 4.61. The van der Waals surface area contributed by atoms with Gasteiger partial charge in [-0.2, -0.15) is 13.2 Å². The molecule has 1 aromatic carbocycles. The van der Waals surface area contributed by atoms with Crippen LogP contribution >= 0.6 is 24.8 Å². The van der Waals surface area contributed by atoms with Gasteiger partial charge in [-0.1, -0.05) is 0 Å². The Labute approximate surface area is 169 Å². The number of piperidine rings is 1. The molecule has 0 bridgehead atoms. The van der Waals surface area contributed by atoms with Crippen LogP contribution in [0.4, 0.5) is 24.5 Å². The van der Waals surface area contributed by atoms with Crippen LogP contribution < -0.4 is 16.0 Å². The van der Waals surface area contributed by atoms with Gasteiger partial charge in [-0.15, -0.1) is 24.8 Å². The second kappa shape index (κ2) is 9.85. The van der Waals surface area contributed by atoms with Gasteiger partial charge in [0.1, 0.15) is 0 Å². The van der Waals surface area contributed by atoms with E-state index in [0.717, 1.165) is 50.9 Å². The monoisotopic (exact) mass is 427 g/mol. The normalized spacial score (nSPS) is 22.6. The molecule has 1 aliphatic carbocycles. The van der Waals surface area contributed by atoms with Crippen molar-refractivity contribution in [2.75, 3.05) is 23.3 Å². The Kier molecular flexibility index (Phi) is 8.70. The van der Waals surface area contributed by atoms with Crippen LogP contribution in [0, 0.1) is 5.92 Å². The molecule has 1 amide bonds. The maximum Gasteiger partial charge on any atom is 0.416 e. The minimum absolute atomic E-state index is 0. The van der Waals surface area contributed by atoms with Gasteiger partial charge in [0.15, 0.2) is 0 Å². The van der Waals surface area contributed by atoms with Crippen molar-refractivity contribution in [2.45, 2.75) is 50.7 Å². The van der Waals surface area contributed by atoms with E-state index in [4.69, 9.17) is 5.73 Å². The molecule has 1 aliphatic heterocycles. The third-order valence-corrected chi connectivity index (χ3v) is 5.12. The molecule has 1 saturated heterocycles. The molecule has 2 unspecified atom stereocenters. The first kappa shape index (κ1) is 23.9. The highest BCUT2D eigenvalue weighted by Crippen LogP contribution is 2.37. The number of alkyl halides is 3. The minimum Gasteiger partial charge on any atom is -0.370 e. The Morgan fingerprint density at radius 3 is 2.33 bits per heavy atom. The van der Waals surface area contributed by atoms with Crippen LogP contribution in [0.15, 0.2) is 18.2 Å². The molecular weight excluding hydrogens is 402 g/mol. The Balaban J connectivity index is 0.00000182. The number of nitrogens with zero attached hydrogens (tertiary/aromatic N) is 1. The number of rotatable bonds is 3. The van der Waals surface area contributed by atoms with Gasteiger partial charge in [-0.05, 0) is 56.7 Å². The predicted molar refractivity (Wildman–Crippen MR) is 106 cm³/mol. The van der Waals surface area contributed by atoms with Crippen molar-refractivity contribution in [1.82, 2.24) is 0 Å². The van der Waals surface area contributed by atoms with Crippen molar-refractivity contribution in [2.24, 2.45) is 11.7 Å². The lowest BCUT2D eigenvalue weighted by molar-refractivity contribution is -0.137. The fourth-order valence-corrected chi connectivity index (χ4v) is 3.71. The second-order valence-corrected chi connectivity index (χ2v) is 7.04. The maximum absolute atomic E-state index is 13.1. The molecule has 1 saturated carbocycles. The molecule has 0 radical (unpaired) electrons. The number of halogens is 5. The number of hydrogen-bond donors (Lipinski definition) is 2. The van der Waals surface area contributed by atoms with E-state index in [0.29, 0.717) is 18.5 Å². The van der Waals surface area contributed by atoms with Crippen molar-refractivity contribution in [3.8, 4) is 0 Å². The van der Waals surface area contributed by atoms with Gasteiger partial charge in [0.25, 0.3) is 0 Å². The molecule has 2 atom stereocenters. The van der Waals surface area contributed by atoms with Crippen LogP contribution in [0.5, 0.6) is 0 Å². The molecular formula is C18H26Cl2F3N3O. The van der Waals surface area contributed by atoms with Crippen LogP contribution in [0.25, 0.3) is 0 Å². The SMILES string of the molecule is Cl.Cl.NC1CCC(C(=O)Nc2cc(C(F)(F)F)ccc2N2CCCCC2)C1. The summed E-state index contributed by atoms with van der Waals surface area (Å²) >= 11 is 0. The second-order valence-electron chi connectivity index (χ2n) is 7.04. The standard InChI is InChI=1S/C18H24F3N3O.2ClH/c19-18(20,21)13-5-7-16(24-8-2-1-3-9-24)15(11-13)23-17(25)12-4-6-14(22)10-12;;/h5,7,11-12,14H,1-4,6,8-10,22H2,(H,23,25);2*1H. The molecule has 1 heterocycles. The molecule has 4 nitrogen and oxygen atoms in total. The third kappa shape index (κ3) is 5.90. The summed E-state index contributed by atoms with van der Waals surface area (Å²) in [4.78, 5) is 14.5. The van der Waals surface area contributed by atoms with E-state index in [1.165, 1.54) is 6.07 Å². The lowest BCUT2D eigenvalue weighted by Crippen LogP contribution is -2.31. The van der Waals surface area contributed by atoms with Crippen LogP contribution in [-0.2, 0) is 11.0 Å². The van der Waals surface area contributed by atoms with E-state index in [1.54, 1.807) is 0 Å². The van der Waals surface area contributed by atoms with Crippen LogP contribution in [0.3, 0.4) is 0 Å². The molecule has 3 rings (SSSR count). The topological polar surface area (TPSA) is 58.4 Å². The largest absolute Gasteiger partial charge is 0.416 e. The average molecular weight is 428 g/mol. The Bertz CT molecular complexity index is 637. The zero-order chi connectivity index (χ0) is 18.0. The number of nitrogens with one attached hydrogen (secondary N) is 1. The van der Waals surface area contributed by atoms with E-state index in [9.17, 15) is 18.0 Å². The summed E-state index contributed by atoms with van der Waals surface area (Å²) in [6.45, 7) is 1.59. The van der Waals surface area contributed by atoms with Crippen LogP contribution in [0.2, 0.25) is 0 Å². The highest BCUT2D eigenvalue weighted by molar-refractivity contribution is 5.96. The summed E-state index contributed by atoms with van der Waals surface area (Å²) in [5, 5.41) is 2.75. The van der Waals surface area contributed by atoms with Gasteiger partial charge >= 0.3 is 6.18 Å². The summed E-state index contributed by atoms with van der Waals surface area (Å²) in [5.41, 5.74) is 6.03. The number of carbonyl (C=O) groups is 1. The molecule has 0 spiro atoms. The molecule has 1 aromatic rings. The Morgan fingerprint density at radius 2 is 1.78 bits per heavy atom.